The van der Waals surface area contributed by atoms with E-state index in [2.05, 4.69) is 24.5 Å². The Morgan fingerprint density at radius 3 is 0.867 bits per heavy atom. The van der Waals surface area contributed by atoms with Gasteiger partial charge in [-0.3, -0.25) is 9.05 Å². The molecule has 263 valence electrons. The SMILES string of the molecule is CC(C)(C)c1cc(COP(=O)(O)O)cc(C(C)(C)C)c1O.CC(C)(C)c1cc(COP(=O)(O)O)cc(C(C)(C)C)c1O.C[CH2][Ni]. The van der Waals surface area contributed by atoms with Gasteiger partial charge in [-0.05, 0) is 79.3 Å². The molecule has 45 heavy (non-hydrogen) atoms. The summed E-state index contributed by atoms with van der Waals surface area (Å²) in [7, 11) is -9.03. The Labute approximate surface area is 277 Å². The van der Waals surface area contributed by atoms with Crippen LogP contribution in [0.4, 0.5) is 0 Å². The summed E-state index contributed by atoms with van der Waals surface area (Å²) >= 11 is 4.17. The molecule has 0 radical (unpaired) electrons. The van der Waals surface area contributed by atoms with E-state index in [1.165, 1.54) is 0 Å². The van der Waals surface area contributed by atoms with Crippen molar-refractivity contribution in [2.75, 3.05) is 0 Å². The fourth-order valence-corrected chi connectivity index (χ4v) is 4.79. The van der Waals surface area contributed by atoms with Crippen LogP contribution in [-0.4, -0.2) is 29.8 Å². The van der Waals surface area contributed by atoms with Crippen molar-refractivity contribution in [3.05, 3.63) is 57.6 Å². The molecule has 10 nitrogen and oxygen atoms in total. The zero-order valence-corrected chi connectivity index (χ0v) is 31.7. The van der Waals surface area contributed by atoms with Gasteiger partial charge in [0.05, 0.1) is 13.2 Å². The molecule has 0 aromatic heterocycles. The number of phosphoric ester groups is 2. The number of aromatic hydroxyl groups is 2. The number of rotatable bonds is 6. The fourth-order valence-electron chi connectivity index (χ4n) is 4.16. The molecule has 13 heteroatoms. The minimum absolute atomic E-state index is 0.198. The van der Waals surface area contributed by atoms with Crippen LogP contribution in [-0.2, 0) is 68.5 Å². The van der Waals surface area contributed by atoms with Crippen LogP contribution in [0.3, 0.4) is 0 Å². The average Bonchev–Trinajstić information content (AvgIpc) is 2.79. The van der Waals surface area contributed by atoms with Crippen molar-refractivity contribution >= 4 is 15.6 Å². The number of phenolic OH excluding ortho intramolecular Hbond substituents is 2. The standard InChI is InChI=1S/2C15H25O5P.C2H5.Ni/c2*1-14(2,3)11-7-10(9-20-21(17,18)19)8-12(13(11)16)15(4,5)6;1-2;/h2*7-8,16H,9H2,1-6H3,(H2,17,18,19);1H2,2H3;. The molecule has 0 atom stereocenters. The molecule has 0 saturated carbocycles. The molecular formula is C32H55NiO10P2. The molecule has 2 aromatic carbocycles. The molecule has 0 unspecified atom stereocenters. The average molecular weight is 720 g/mol. The second-order valence-electron chi connectivity index (χ2n) is 14.8. The molecule has 0 aliphatic rings. The molecule has 0 bridgehead atoms. The summed E-state index contributed by atoms with van der Waals surface area (Å²) in [6, 6.07) is 6.95. The summed E-state index contributed by atoms with van der Waals surface area (Å²) in [6.07, 6.45) is 0. The zero-order valence-electron chi connectivity index (χ0n) is 29.0. The van der Waals surface area contributed by atoms with Crippen LogP contribution in [0.2, 0.25) is 5.39 Å². The zero-order chi connectivity index (χ0) is 36.0. The second kappa shape index (κ2) is 16.2. The number of hydrogen-bond acceptors (Lipinski definition) is 6. The fraction of sp³-hybridized carbons (Fsp3) is 0.625. The van der Waals surface area contributed by atoms with Crippen LogP contribution in [0, 0.1) is 0 Å². The van der Waals surface area contributed by atoms with Crippen LogP contribution < -0.4 is 0 Å². The van der Waals surface area contributed by atoms with Gasteiger partial charge >= 0.3 is 43.4 Å². The van der Waals surface area contributed by atoms with E-state index >= 15 is 0 Å². The van der Waals surface area contributed by atoms with E-state index in [0.717, 1.165) is 27.6 Å². The first-order chi connectivity index (χ1) is 19.8. The summed E-state index contributed by atoms with van der Waals surface area (Å²) in [5, 5.41) is 21.9. The first-order valence-corrected chi connectivity index (χ1v) is 18.3. The Kier molecular flexibility index (Phi) is 15.8. The van der Waals surface area contributed by atoms with E-state index in [1.807, 2.05) is 90.0 Å². The molecule has 0 saturated heterocycles. The molecule has 6 N–H and O–H groups in total. The predicted octanol–water partition coefficient (Wildman–Crippen LogP) is 8.16. The first kappa shape index (κ1) is 43.8. The normalized spacial score (nSPS) is 13.0. The third kappa shape index (κ3) is 15.9. The Balaban J connectivity index is 0.000000791. The van der Waals surface area contributed by atoms with Gasteiger partial charge in [0.2, 0.25) is 0 Å². The Hall–Kier alpha value is -1.25. The van der Waals surface area contributed by atoms with Crippen LogP contribution >= 0.6 is 15.6 Å². The molecule has 0 aliphatic carbocycles. The summed E-state index contributed by atoms with van der Waals surface area (Å²) in [5.41, 5.74) is 3.04. The van der Waals surface area contributed by atoms with Crippen LogP contribution in [0.1, 0.15) is 123 Å². The van der Waals surface area contributed by atoms with Crippen LogP contribution in [0.15, 0.2) is 24.3 Å². The van der Waals surface area contributed by atoms with Gasteiger partial charge in [-0.2, -0.15) is 0 Å². The molecule has 0 heterocycles. The number of hydrogen-bond donors (Lipinski definition) is 6. The van der Waals surface area contributed by atoms with E-state index in [0.29, 0.717) is 11.1 Å². The number of phosphoric acid groups is 2. The van der Waals surface area contributed by atoms with E-state index in [9.17, 15) is 19.3 Å². The van der Waals surface area contributed by atoms with Crippen molar-refractivity contribution in [1.82, 2.24) is 0 Å². The molecule has 0 aliphatic heterocycles. The van der Waals surface area contributed by atoms with E-state index < -0.39 is 15.6 Å². The summed E-state index contributed by atoms with van der Waals surface area (Å²) < 4.78 is 30.9. The van der Waals surface area contributed by atoms with E-state index in [1.54, 1.807) is 24.3 Å². The third-order valence-corrected chi connectivity index (χ3v) is 7.30. The number of benzene rings is 2. The second-order valence-corrected chi connectivity index (χ2v) is 18.0. The van der Waals surface area contributed by atoms with Crippen molar-refractivity contribution in [3.8, 4) is 11.5 Å². The van der Waals surface area contributed by atoms with Gasteiger partial charge in [0, 0.05) is 0 Å². The van der Waals surface area contributed by atoms with Crippen LogP contribution in [0.5, 0.6) is 11.5 Å². The quantitative estimate of drug-likeness (QED) is 0.126. The van der Waals surface area contributed by atoms with Gasteiger partial charge in [-0.25, -0.2) is 9.13 Å². The van der Waals surface area contributed by atoms with Gasteiger partial charge in [-0.1, -0.05) is 83.1 Å². The van der Waals surface area contributed by atoms with Gasteiger partial charge in [0.1, 0.15) is 11.5 Å². The van der Waals surface area contributed by atoms with Crippen molar-refractivity contribution in [2.24, 2.45) is 0 Å². The van der Waals surface area contributed by atoms with E-state index in [-0.39, 0.29) is 46.4 Å². The Morgan fingerprint density at radius 1 is 0.556 bits per heavy atom. The van der Waals surface area contributed by atoms with Crippen molar-refractivity contribution in [2.45, 2.75) is 130 Å². The van der Waals surface area contributed by atoms with Gasteiger partial charge < -0.3 is 29.8 Å². The molecule has 2 aromatic rings. The summed E-state index contributed by atoms with van der Waals surface area (Å²) in [6.45, 7) is 25.3. The Bertz CT molecular complexity index is 1180. The van der Waals surface area contributed by atoms with Crippen molar-refractivity contribution in [1.29, 1.82) is 0 Å². The number of phenols is 2. The maximum atomic E-state index is 10.9. The minimum atomic E-state index is -4.52. The topological polar surface area (TPSA) is 174 Å². The molecule has 0 fully saturated rings. The predicted molar refractivity (Wildman–Crippen MR) is 175 cm³/mol. The maximum absolute atomic E-state index is 10.9. The molecule has 2 rings (SSSR count). The van der Waals surface area contributed by atoms with Gasteiger partial charge in [0.15, 0.2) is 0 Å². The monoisotopic (exact) mass is 719 g/mol. The van der Waals surface area contributed by atoms with Crippen LogP contribution in [0.25, 0.3) is 0 Å². The Morgan fingerprint density at radius 2 is 0.733 bits per heavy atom. The first-order valence-electron chi connectivity index (χ1n) is 14.5. The van der Waals surface area contributed by atoms with Crippen molar-refractivity contribution in [3.63, 3.8) is 0 Å². The molecular weight excluding hydrogens is 665 g/mol. The third-order valence-electron chi connectivity index (χ3n) is 6.37. The van der Waals surface area contributed by atoms with Crippen molar-refractivity contribution < 1.29 is 63.4 Å². The molecule has 0 amide bonds. The van der Waals surface area contributed by atoms with E-state index in [4.69, 9.17) is 19.6 Å². The van der Waals surface area contributed by atoms with Gasteiger partial charge in [0.25, 0.3) is 0 Å². The molecule has 0 spiro atoms. The van der Waals surface area contributed by atoms with Gasteiger partial charge in [-0.15, -0.1) is 0 Å². The summed E-state index contributed by atoms with van der Waals surface area (Å²) in [4.78, 5) is 35.3. The summed E-state index contributed by atoms with van der Waals surface area (Å²) in [5.74, 6) is 0.463.